The average Bonchev–Trinajstić information content (AvgIpc) is 3.54. The normalized spacial score (nSPS) is 20.0. The topological polar surface area (TPSA) is 132 Å². The number of ketones is 1. The van der Waals surface area contributed by atoms with Crippen LogP contribution in [0.1, 0.15) is 30.4 Å². The number of hydrogen-bond acceptors (Lipinski definition) is 8. The first-order chi connectivity index (χ1) is 20.9. The van der Waals surface area contributed by atoms with E-state index in [9.17, 15) is 22.8 Å². The number of alkyl halides is 3. The smallest absolute Gasteiger partial charge is 0.490 e. The molecular weight excluding hydrogens is 585 g/mol. The summed E-state index contributed by atoms with van der Waals surface area (Å²) in [5.41, 5.74) is 2.89. The van der Waals surface area contributed by atoms with Crippen LogP contribution in [0.5, 0.6) is 23.0 Å². The fourth-order valence-corrected chi connectivity index (χ4v) is 4.83. The van der Waals surface area contributed by atoms with Gasteiger partial charge in [-0.1, -0.05) is 12.1 Å². The molecule has 13 heteroatoms. The van der Waals surface area contributed by atoms with Gasteiger partial charge in [0.2, 0.25) is 5.91 Å². The molecule has 2 aromatic carbocycles. The van der Waals surface area contributed by atoms with E-state index in [1.165, 1.54) is 0 Å². The largest absolute Gasteiger partial charge is 0.493 e. The summed E-state index contributed by atoms with van der Waals surface area (Å²) in [7, 11) is 6.32. The van der Waals surface area contributed by atoms with E-state index in [0.717, 1.165) is 24.1 Å². The maximum absolute atomic E-state index is 13.6. The molecule has 3 N–H and O–H groups in total. The zero-order valence-corrected chi connectivity index (χ0v) is 24.7. The molecule has 0 spiro atoms. The van der Waals surface area contributed by atoms with Gasteiger partial charge in [-0.25, -0.2) is 4.79 Å². The summed E-state index contributed by atoms with van der Waals surface area (Å²) in [6.45, 7) is 1.52. The lowest BCUT2D eigenvalue weighted by molar-refractivity contribution is -0.192. The third kappa shape index (κ3) is 8.99. The van der Waals surface area contributed by atoms with Gasteiger partial charge in [0.25, 0.3) is 0 Å². The number of carbonyl (C=O) groups is 3. The number of hydrogen-bond donors (Lipinski definition) is 3. The van der Waals surface area contributed by atoms with E-state index in [1.807, 2.05) is 48.6 Å². The van der Waals surface area contributed by atoms with Crippen LogP contribution < -0.4 is 29.6 Å². The first-order valence-corrected chi connectivity index (χ1v) is 13.6. The Labute approximate surface area is 252 Å². The summed E-state index contributed by atoms with van der Waals surface area (Å²) in [5.74, 6) is -0.424. The standard InChI is InChI=1S/C29H34N2O6.C2HF3O2/c1-34-24-7-5-18(13-26(24)36-3)11-21-15-23(31-29(33)20-9-10-30-17-20)16-22(28(21)32)12-19-6-8-25(35-2)27(14-19)37-4;3-2(4,5)1(6)7/h5-8,11-14,20,23,30H,9-10,15-17H2,1-4H3,(H,31,33);(H,6,7)/b21-11+,22-12+;. The van der Waals surface area contributed by atoms with Gasteiger partial charge in [0.05, 0.1) is 34.4 Å². The predicted molar refractivity (Wildman–Crippen MR) is 156 cm³/mol. The summed E-state index contributed by atoms with van der Waals surface area (Å²) >= 11 is 0. The van der Waals surface area contributed by atoms with Crippen LogP contribution in [0.3, 0.4) is 0 Å². The number of carboxylic acids is 1. The molecule has 1 aliphatic heterocycles. The number of halogens is 3. The summed E-state index contributed by atoms with van der Waals surface area (Å²) in [4.78, 5) is 35.4. The number of aliphatic carboxylic acids is 1. The van der Waals surface area contributed by atoms with E-state index in [-0.39, 0.29) is 23.7 Å². The lowest BCUT2D eigenvalue weighted by Gasteiger charge is -2.28. The van der Waals surface area contributed by atoms with Crippen LogP contribution in [-0.2, 0) is 14.4 Å². The number of carboxylic acid groups (broad SMARTS) is 1. The zero-order chi connectivity index (χ0) is 32.4. The highest BCUT2D eigenvalue weighted by Crippen LogP contribution is 2.34. The molecule has 0 aromatic heterocycles. The third-order valence-corrected chi connectivity index (χ3v) is 7.03. The second-order valence-electron chi connectivity index (χ2n) is 10.0. The summed E-state index contributed by atoms with van der Waals surface area (Å²) in [6.07, 6.45) is 0.356. The molecule has 238 valence electrons. The monoisotopic (exact) mass is 620 g/mol. The van der Waals surface area contributed by atoms with E-state index in [0.29, 0.717) is 53.5 Å². The van der Waals surface area contributed by atoms with Crippen LogP contribution in [0, 0.1) is 5.92 Å². The van der Waals surface area contributed by atoms with Crippen LogP contribution in [0.15, 0.2) is 47.5 Å². The van der Waals surface area contributed by atoms with E-state index >= 15 is 0 Å². The van der Waals surface area contributed by atoms with E-state index in [1.54, 1.807) is 28.4 Å². The Bertz CT molecular complexity index is 1340. The molecule has 2 aromatic rings. The van der Waals surface area contributed by atoms with Gasteiger partial charge in [-0.2, -0.15) is 13.2 Å². The number of nitrogens with one attached hydrogen (secondary N) is 2. The van der Waals surface area contributed by atoms with Crippen LogP contribution in [0.4, 0.5) is 13.2 Å². The Morgan fingerprint density at radius 3 is 1.68 bits per heavy atom. The van der Waals surface area contributed by atoms with E-state index in [2.05, 4.69) is 10.6 Å². The predicted octanol–water partition coefficient (Wildman–Crippen LogP) is 4.28. The molecule has 1 saturated heterocycles. The molecule has 1 amide bonds. The molecule has 0 bridgehead atoms. The quantitative estimate of drug-likeness (QED) is 0.370. The minimum Gasteiger partial charge on any atom is -0.493 e. The van der Waals surface area contributed by atoms with Crippen molar-refractivity contribution in [3.63, 3.8) is 0 Å². The second kappa shape index (κ2) is 15.3. The number of carbonyl (C=O) groups excluding carboxylic acids is 2. The minimum absolute atomic E-state index is 0.0280. The zero-order valence-electron chi connectivity index (χ0n) is 24.7. The van der Waals surface area contributed by atoms with Crippen LogP contribution in [0.25, 0.3) is 12.2 Å². The molecule has 0 radical (unpaired) electrons. The summed E-state index contributed by atoms with van der Waals surface area (Å²) in [6, 6.07) is 10.9. The molecule has 1 heterocycles. The Kier molecular flexibility index (Phi) is 11.8. The van der Waals surface area contributed by atoms with Gasteiger partial charge in [0.15, 0.2) is 28.8 Å². The molecule has 1 saturated carbocycles. The van der Waals surface area contributed by atoms with Gasteiger partial charge >= 0.3 is 12.1 Å². The van der Waals surface area contributed by atoms with Gasteiger partial charge in [-0.15, -0.1) is 0 Å². The minimum atomic E-state index is -5.08. The van der Waals surface area contributed by atoms with Crippen molar-refractivity contribution in [2.45, 2.75) is 31.5 Å². The van der Waals surface area contributed by atoms with Crippen molar-refractivity contribution < 1.29 is 51.6 Å². The Morgan fingerprint density at radius 1 is 0.864 bits per heavy atom. The van der Waals surface area contributed by atoms with Gasteiger partial charge in [0, 0.05) is 23.7 Å². The number of methoxy groups -OCH3 is 4. The molecule has 2 fully saturated rings. The molecule has 10 nitrogen and oxygen atoms in total. The van der Waals surface area contributed by atoms with Gasteiger partial charge in [-0.05, 0) is 73.4 Å². The van der Waals surface area contributed by atoms with Gasteiger partial charge < -0.3 is 34.7 Å². The van der Waals surface area contributed by atoms with Crippen molar-refractivity contribution in [2.24, 2.45) is 5.92 Å². The van der Waals surface area contributed by atoms with E-state index in [4.69, 9.17) is 28.8 Å². The summed E-state index contributed by atoms with van der Waals surface area (Å²) < 4.78 is 53.3. The van der Waals surface area contributed by atoms with Crippen molar-refractivity contribution in [1.82, 2.24) is 10.6 Å². The lowest BCUT2D eigenvalue weighted by Crippen LogP contribution is -2.42. The number of amides is 1. The van der Waals surface area contributed by atoms with Crippen molar-refractivity contribution in [3.05, 3.63) is 58.7 Å². The maximum atomic E-state index is 13.6. The third-order valence-electron chi connectivity index (χ3n) is 7.03. The molecule has 1 unspecified atom stereocenters. The first-order valence-electron chi connectivity index (χ1n) is 13.6. The van der Waals surface area contributed by atoms with Crippen molar-refractivity contribution in [1.29, 1.82) is 0 Å². The molecule has 1 aliphatic carbocycles. The highest BCUT2D eigenvalue weighted by atomic mass is 19.4. The molecule has 44 heavy (non-hydrogen) atoms. The highest BCUT2D eigenvalue weighted by molar-refractivity contribution is 6.14. The van der Waals surface area contributed by atoms with Crippen LogP contribution >= 0.6 is 0 Å². The molecule has 1 atom stereocenters. The van der Waals surface area contributed by atoms with Gasteiger partial charge in [0.1, 0.15) is 0 Å². The first kappa shape index (κ1) is 34.0. The van der Waals surface area contributed by atoms with Crippen LogP contribution in [0.2, 0.25) is 0 Å². The lowest BCUT2D eigenvalue weighted by atomic mass is 9.83. The maximum Gasteiger partial charge on any atom is 0.490 e. The molecule has 4 rings (SSSR count). The Morgan fingerprint density at radius 2 is 1.32 bits per heavy atom. The van der Waals surface area contributed by atoms with Crippen molar-refractivity contribution >= 4 is 29.8 Å². The van der Waals surface area contributed by atoms with Gasteiger partial charge in [-0.3, -0.25) is 9.59 Å². The molecular formula is C31H35F3N2O8. The van der Waals surface area contributed by atoms with Crippen molar-refractivity contribution in [3.8, 4) is 23.0 Å². The fourth-order valence-electron chi connectivity index (χ4n) is 4.83. The molecule has 2 aliphatic rings. The summed E-state index contributed by atoms with van der Waals surface area (Å²) in [5, 5.41) is 13.6. The SMILES string of the molecule is COc1ccc(/C=C2\CC(NC(=O)C3CCNC3)C/C(=C\c3ccc(OC)c(OC)c3)C2=O)cc1OC.O=C(O)C(F)(F)F. The second-order valence-corrected chi connectivity index (χ2v) is 10.0. The fraction of sp³-hybridized carbons (Fsp3) is 0.387. The number of rotatable bonds is 8. The highest BCUT2D eigenvalue weighted by Gasteiger charge is 2.38. The van der Waals surface area contributed by atoms with Crippen LogP contribution in [-0.4, -0.2) is 76.5 Å². The number of ether oxygens (including phenoxy) is 4. The average molecular weight is 621 g/mol. The number of benzene rings is 2. The number of Topliss-reactive ketones (excluding diaryl/α,β-unsaturated/α-hetero) is 1. The Hall–Kier alpha value is -4.52. The Balaban J connectivity index is 0.000000676. The van der Waals surface area contributed by atoms with Crippen molar-refractivity contribution in [2.75, 3.05) is 41.5 Å². The van der Waals surface area contributed by atoms with E-state index < -0.39 is 12.1 Å².